The van der Waals surface area contributed by atoms with Gasteiger partial charge in [-0.2, -0.15) is 0 Å². The molecule has 1 atom stereocenters. The fourth-order valence-electron chi connectivity index (χ4n) is 1.22. The second kappa shape index (κ2) is 5.98. The van der Waals surface area contributed by atoms with Crippen molar-refractivity contribution in [2.75, 3.05) is 5.32 Å². The van der Waals surface area contributed by atoms with E-state index in [1.807, 2.05) is 13.8 Å². The van der Waals surface area contributed by atoms with E-state index < -0.39 is 17.8 Å². The first-order valence-corrected chi connectivity index (χ1v) is 5.71. The molecule has 94 valence electrons. The van der Waals surface area contributed by atoms with Gasteiger partial charge in [0, 0.05) is 0 Å². The molecule has 0 aromatic heterocycles. The number of amides is 1. The molecule has 2 N–H and O–H groups in total. The third-order valence-corrected chi connectivity index (χ3v) is 2.70. The Morgan fingerprint density at radius 1 is 1.53 bits per heavy atom. The number of anilines is 1. The van der Waals surface area contributed by atoms with Crippen molar-refractivity contribution in [2.24, 2.45) is 5.92 Å². The van der Waals surface area contributed by atoms with E-state index in [1.54, 1.807) is 0 Å². The molecule has 0 aliphatic heterocycles. The van der Waals surface area contributed by atoms with Gasteiger partial charge >= 0.3 is 0 Å². The normalized spacial score (nSPS) is 12.6. The van der Waals surface area contributed by atoms with Gasteiger partial charge in [0.05, 0.1) is 23.2 Å². The van der Waals surface area contributed by atoms with Crippen LogP contribution in [-0.4, -0.2) is 17.1 Å². The van der Waals surface area contributed by atoms with Crippen molar-refractivity contribution in [3.63, 3.8) is 0 Å². The second-order valence-corrected chi connectivity index (χ2v) is 4.60. The third kappa shape index (κ3) is 4.32. The molecule has 0 bridgehead atoms. The van der Waals surface area contributed by atoms with Crippen molar-refractivity contribution in [1.82, 2.24) is 0 Å². The van der Waals surface area contributed by atoms with Gasteiger partial charge in [0.25, 0.3) is 0 Å². The molecule has 3 nitrogen and oxygen atoms in total. The van der Waals surface area contributed by atoms with Crippen LogP contribution >= 0.6 is 11.6 Å². The van der Waals surface area contributed by atoms with Gasteiger partial charge in [0.1, 0.15) is 5.82 Å². The number of aliphatic hydroxyl groups is 1. The molecular formula is C12H15ClFNO2. The Labute approximate surface area is 105 Å². The standard InChI is InChI=1S/C12H15ClFNO2/c1-7(2)11(16)6-12(17)15-10-5-8(14)3-4-9(10)13/h3-5,7,11,16H,6H2,1-2H3,(H,15,17). The summed E-state index contributed by atoms with van der Waals surface area (Å²) in [6.07, 6.45) is -0.757. The summed E-state index contributed by atoms with van der Waals surface area (Å²) in [4.78, 5) is 11.5. The largest absolute Gasteiger partial charge is 0.392 e. The van der Waals surface area contributed by atoms with Crippen LogP contribution in [0.25, 0.3) is 0 Å². The lowest BCUT2D eigenvalue weighted by Crippen LogP contribution is -2.23. The summed E-state index contributed by atoms with van der Waals surface area (Å²) in [5, 5.41) is 12.3. The van der Waals surface area contributed by atoms with Crippen LogP contribution in [0.2, 0.25) is 5.02 Å². The first-order valence-electron chi connectivity index (χ1n) is 5.33. The van der Waals surface area contributed by atoms with Crippen LogP contribution in [0.5, 0.6) is 0 Å². The van der Waals surface area contributed by atoms with E-state index in [4.69, 9.17) is 11.6 Å². The van der Waals surface area contributed by atoms with Gasteiger partial charge in [-0.05, 0) is 24.1 Å². The molecule has 1 amide bonds. The number of nitrogens with one attached hydrogen (secondary N) is 1. The minimum absolute atomic E-state index is 0.0104. The average molecular weight is 260 g/mol. The van der Waals surface area contributed by atoms with E-state index in [2.05, 4.69) is 5.32 Å². The highest BCUT2D eigenvalue weighted by atomic mass is 35.5. The van der Waals surface area contributed by atoms with Crippen LogP contribution in [0.4, 0.5) is 10.1 Å². The number of rotatable bonds is 4. The molecule has 0 saturated heterocycles. The fourth-order valence-corrected chi connectivity index (χ4v) is 1.38. The predicted octanol–water partition coefficient (Wildman–Crippen LogP) is 2.82. The molecule has 17 heavy (non-hydrogen) atoms. The smallest absolute Gasteiger partial charge is 0.227 e. The summed E-state index contributed by atoms with van der Waals surface area (Å²) in [6, 6.07) is 3.72. The van der Waals surface area contributed by atoms with Gasteiger partial charge in [-0.1, -0.05) is 25.4 Å². The zero-order valence-electron chi connectivity index (χ0n) is 9.71. The fraction of sp³-hybridized carbons (Fsp3) is 0.417. The lowest BCUT2D eigenvalue weighted by atomic mass is 10.0. The Bertz CT molecular complexity index is 409. The molecule has 0 aliphatic carbocycles. The van der Waals surface area contributed by atoms with E-state index in [1.165, 1.54) is 12.1 Å². The Kier molecular flexibility index (Phi) is 4.90. The topological polar surface area (TPSA) is 49.3 Å². The SMILES string of the molecule is CC(C)C(O)CC(=O)Nc1cc(F)ccc1Cl. The zero-order chi connectivity index (χ0) is 13.0. The summed E-state index contributed by atoms with van der Waals surface area (Å²) in [5.74, 6) is -0.878. The highest BCUT2D eigenvalue weighted by molar-refractivity contribution is 6.33. The number of carbonyl (C=O) groups excluding carboxylic acids is 1. The Morgan fingerprint density at radius 3 is 2.76 bits per heavy atom. The zero-order valence-corrected chi connectivity index (χ0v) is 10.5. The Morgan fingerprint density at radius 2 is 2.18 bits per heavy atom. The summed E-state index contributed by atoms with van der Waals surface area (Å²) in [6.45, 7) is 3.63. The predicted molar refractivity (Wildman–Crippen MR) is 65.5 cm³/mol. The maximum atomic E-state index is 12.9. The van der Waals surface area contributed by atoms with Crippen molar-refractivity contribution in [2.45, 2.75) is 26.4 Å². The molecule has 1 aromatic rings. The molecule has 0 aliphatic rings. The van der Waals surface area contributed by atoms with Crippen molar-refractivity contribution in [1.29, 1.82) is 0 Å². The molecule has 0 saturated carbocycles. The molecule has 0 fully saturated rings. The highest BCUT2D eigenvalue weighted by Gasteiger charge is 2.15. The number of benzene rings is 1. The van der Waals surface area contributed by atoms with Crippen LogP contribution in [0.3, 0.4) is 0 Å². The minimum Gasteiger partial charge on any atom is -0.392 e. The quantitative estimate of drug-likeness (QED) is 0.874. The maximum absolute atomic E-state index is 12.9. The average Bonchev–Trinajstić information content (AvgIpc) is 2.23. The van der Waals surface area contributed by atoms with Crippen LogP contribution in [-0.2, 0) is 4.79 Å². The van der Waals surface area contributed by atoms with Gasteiger partial charge in [-0.3, -0.25) is 4.79 Å². The molecule has 1 aromatic carbocycles. The monoisotopic (exact) mass is 259 g/mol. The third-order valence-electron chi connectivity index (χ3n) is 2.37. The van der Waals surface area contributed by atoms with Crippen LogP contribution in [0, 0.1) is 11.7 Å². The van der Waals surface area contributed by atoms with E-state index in [0.29, 0.717) is 0 Å². The Balaban J connectivity index is 2.65. The molecular weight excluding hydrogens is 245 g/mol. The lowest BCUT2D eigenvalue weighted by Gasteiger charge is -2.14. The van der Waals surface area contributed by atoms with Gasteiger partial charge in [0.2, 0.25) is 5.91 Å². The van der Waals surface area contributed by atoms with Crippen LogP contribution < -0.4 is 5.32 Å². The molecule has 1 rings (SSSR count). The number of hydrogen-bond acceptors (Lipinski definition) is 2. The number of aliphatic hydroxyl groups excluding tert-OH is 1. The van der Waals surface area contributed by atoms with E-state index in [9.17, 15) is 14.3 Å². The van der Waals surface area contributed by atoms with Crippen molar-refractivity contribution < 1.29 is 14.3 Å². The van der Waals surface area contributed by atoms with Gasteiger partial charge < -0.3 is 10.4 Å². The number of carbonyl (C=O) groups is 1. The Hall–Kier alpha value is -1.13. The van der Waals surface area contributed by atoms with E-state index in [0.717, 1.165) is 6.07 Å². The van der Waals surface area contributed by atoms with Crippen molar-refractivity contribution in [3.05, 3.63) is 29.0 Å². The number of halogens is 2. The first kappa shape index (κ1) is 13.9. The van der Waals surface area contributed by atoms with Crippen molar-refractivity contribution >= 4 is 23.2 Å². The van der Waals surface area contributed by atoms with Gasteiger partial charge in [-0.15, -0.1) is 0 Å². The molecule has 0 radical (unpaired) electrons. The maximum Gasteiger partial charge on any atom is 0.227 e. The highest BCUT2D eigenvalue weighted by Crippen LogP contribution is 2.22. The molecule has 0 heterocycles. The second-order valence-electron chi connectivity index (χ2n) is 4.19. The van der Waals surface area contributed by atoms with E-state index >= 15 is 0 Å². The van der Waals surface area contributed by atoms with Crippen LogP contribution in [0.15, 0.2) is 18.2 Å². The molecule has 0 spiro atoms. The van der Waals surface area contributed by atoms with Gasteiger partial charge in [0.15, 0.2) is 0 Å². The van der Waals surface area contributed by atoms with E-state index in [-0.39, 0.29) is 23.0 Å². The minimum atomic E-state index is -0.720. The number of hydrogen-bond donors (Lipinski definition) is 2. The summed E-state index contributed by atoms with van der Waals surface area (Å²) >= 11 is 5.80. The summed E-state index contributed by atoms with van der Waals surface area (Å²) in [7, 11) is 0. The van der Waals surface area contributed by atoms with Crippen molar-refractivity contribution in [3.8, 4) is 0 Å². The first-order chi connectivity index (χ1) is 7.90. The molecule has 1 unspecified atom stereocenters. The summed E-state index contributed by atoms with van der Waals surface area (Å²) in [5.41, 5.74) is 0.215. The summed E-state index contributed by atoms with van der Waals surface area (Å²) < 4.78 is 12.9. The molecule has 5 heteroatoms. The van der Waals surface area contributed by atoms with Crippen LogP contribution in [0.1, 0.15) is 20.3 Å². The lowest BCUT2D eigenvalue weighted by molar-refractivity contribution is -0.118. The van der Waals surface area contributed by atoms with Gasteiger partial charge in [-0.25, -0.2) is 4.39 Å².